The molecule has 1 atom stereocenters. The van der Waals surface area contributed by atoms with Crippen molar-refractivity contribution in [2.24, 2.45) is 5.92 Å². The largest absolute Gasteiger partial charge is 0.392 e. The Bertz CT molecular complexity index is 208. The maximum Gasteiger partial charge on any atom is 0.392 e. The van der Waals surface area contributed by atoms with E-state index < -0.39 is 18.5 Å². The SMILES string of the molecule is N#CCCC(CC#N)C(F)(F)F. The molecule has 12 heavy (non-hydrogen) atoms. The number of hydrogen-bond donors (Lipinski definition) is 0. The van der Waals surface area contributed by atoms with Gasteiger partial charge in [0.1, 0.15) is 0 Å². The first-order valence-electron chi connectivity index (χ1n) is 3.33. The quantitative estimate of drug-likeness (QED) is 0.662. The van der Waals surface area contributed by atoms with Gasteiger partial charge in [-0.05, 0) is 6.42 Å². The Morgan fingerprint density at radius 1 is 1.17 bits per heavy atom. The van der Waals surface area contributed by atoms with Crippen LogP contribution in [0.5, 0.6) is 0 Å². The van der Waals surface area contributed by atoms with E-state index in [0.29, 0.717) is 0 Å². The van der Waals surface area contributed by atoms with Crippen LogP contribution in [0, 0.1) is 28.6 Å². The van der Waals surface area contributed by atoms with Crippen molar-refractivity contribution >= 4 is 0 Å². The molecular formula is C7H7F3N2. The van der Waals surface area contributed by atoms with Gasteiger partial charge in [0, 0.05) is 12.8 Å². The molecule has 2 nitrogen and oxygen atoms in total. The summed E-state index contributed by atoms with van der Waals surface area (Å²) in [5, 5.41) is 16.1. The second kappa shape index (κ2) is 4.61. The van der Waals surface area contributed by atoms with Gasteiger partial charge in [0.05, 0.1) is 18.1 Å². The van der Waals surface area contributed by atoms with E-state index in [4.69, 9.17) is 10.5 Å². The van der Waals surface area contributed by atoms with Gasteiger partial charge in [-0.3, -0.25) is 0 Å². The third-order valence-corrected chi connectivity index (χ3v) is 1.41. The molecule has 0 aromatic rings. The van der Waals surface area contributed by atoms with Gasteiger partial charge >= 0.3 is 6.18 Å². The van der Waals surface area contributed by atoms with Crippen LogP contribution < -0.4 is 0 Å². The number of halogens is 3. The van der Waals surface area contributed by atoms with Crippen molar-refractivity contribution < 1.29 is 13.2 Å². The summed E-state index contributed by atoms with van der Waals surface area (Å²) in [5.74, 6) is -1.65. The summed E-state index contributed by atoms with van der Waals surface area (Å²) < 4.78 is 35.9. The van der Waals surface area contributed by atoms with Crippen LogP contribution in [0.25, 0.3) is 0 Å². The zero-order valence-corrected chi connectivity index (χ0v) is 6.23. The Morgan fingerprint density at radius 3 is 2.08 bits per heavy atom. The molecule has 0 saturated carbocycles. The van der Waals surface area contributed by atoms with Crippen LogP contribution in [0.4, 0.5) is 13.2 Å². The standard InChI is InChI=1S/C7H7F3N2/c8-7(9,10)6(3-5-12)2-1-4-11/h6H,1-3H2. The van der Waals surface area contributed by atoms with Crippen LogP contribution in [0.1, 0.15) is 19.3 Å². The van der Waals surface area contributed by atoms with Crippen LogP contribution >= 0.6 is 0 Å². The Hall–Kier alpha value is -1.23. The smallest absolute Gasteiger partial charge is 0.198 e. The number of hydrogen-bond acceptors (Lipinski definition) is 2. The predicted octanol–water partition coefficient (Wildman–Crippen LogP) is 2.38. The molecule has 0 aliphatic rings. The van der Waals surface area contributed by atoms with Gasteiger partial charge in [-0.1, -0.05) is 0 Å². The van der Waals surface area contributed by atoms with E-state index in [1.165, 1.54) is 6.07 Å². The molecule has 0 radical (unpaired) electrons. The van der Waals surface area contributed by atoms with Gasteiger partial charge in [0.2, 0.25) is 0 Å². The fourth-order valence-electron chi connectivity index (χ4n) is 0.730. The lowest BCUT2D eigenvalue weighted by molar-refractivity contribution is -0.174. The van der Waals surface area contributed by atoms with Gasteiger partial charge in [0.25, 0.3) is 0 Å². The van der Waals surface area contributed by atoms with Crippen LogP contribution in [-0.2, 0) is 0 Å². The number of rotatable bonds is 3. The minimum Gasteiger partial charge on any atom is -0.198 e. The minimum atomic E-state index is -4.35. The molecule has 0 heterocycles. The van der Waals surface area contributed by atoms with E-state index in [0.717, 1.165) is 0 Å². The lowest BCUT2D eigenvalue weighted by Crippen LogP contribution is -2.22. The Morgan fingerprint density at radius 2 is 1.75 bits per heavy atom. The van der Waals surface area contributed by atoms with E-state index in [-0.39, 0.29) is 12.8 Å². The maximum absolute atomic E-state index is 12.0. The molecule has 66 valence electrons. The van der Waals surface area contributed by atoms with Crippen molar-refractivity contribution in [1.29, 1.82) is 10.5 Å². The fraction of sp³-hybridized carbons (Fsp3) is 0.714. The fourth-order valence-corrected chi connectivity index (χ4v) is 0.730. The van der Waals surface area contributed by atoms with Gasteiger partial charge in [-0.2, -0.15) is 23.7 Å². The highest BCUT2D eigenvalue weighted by Gasteiger charge is 2.38. The lowest BCUT2D eigenvalue weighted by Gasteiger charge is -2.15. The molecule has 0 spiro atoms. The predicted molar refractivity (Wildman–Crippen MR) is 34.6 cm³/mol. The lowest BCUT2D eigenvalue weighted by atomic mass is 10.0. The number of alkyl halides is 3. The molecule has 0 aliphatic heterocycles. The molecule has 0 bridgehead atoms. The number of nitriles is 2. The summed E-state index contributed by atoms with van der Waals surface area (Å²) in [5.41, 5.74) is 0. The van der Waals surface area contributed by atoms with Crippen molar-refractivity contribution in [3.8, 4) is 12.1 Å². The highest BCUT2D eigenvalue weighted by atomic mass is 19.4. The highest BCUT2D eigenvalue weighted by Crippen LogP contribution is 2.31. The molecule has 0 rings (SSSR count). The van der Waals surface area contributed by atoms with E-state index in [1.807, 2.05) is 0 Å². The second-order valence-corrected chi connectivity index (χ2v) is 2.30. The molecule has 0 amide bonds. The molecule has 0 aliphatic carbocycles. The van der Waals surface area contributed by atoms with E-state index in [9.17, 15) is 13.2 Å². The van der Waals surface area contributed by atoms with Crippen LogP contribution in [0.2, 0.25) is 0 Å². The maximum atomic E-state index is 12.0. The zero-order chi connectivity index (χ0) is 9.61. The molecule has 0 aromatic heterocycles. The van der Waals surface area contributed by atoms with Crippen molar-refractivity contribution in [3.05, 3.63) is 0 Å². The molecule has 1 unspecified atom stereocenters. The third kappa shape index (κ3) is 3.82. The van der Waals surface area contributed by atoms with Gasteiger partial charge in [-0.15, -0.1) is 0 Å². The molecule has 0 fully saturated rings. The first-order chi connectivity index (χ1) is 5.52. The van der Waals surface area contributed by atoms with Crippen LogP contribution in [0.15, 0.2) is 0 Å². The summed E-state index contributed by atoms with van der Waals surface area (Å²) in [4.78, 5) is 0. The monoisotopic (exact) mass is 176 g/mol. The summed E-state index contributed by atoms with van der Waals surface area (Å²) in [6.07, 6.45) is -5.36. The Labute approximate surface area is 68.2 Å². The molecule has 0 saturated heterocycles. The van der Waals surface area contributed by atoms with E-state index >= 15 is 0 Å². The van der Waals surface area contributed by atoms with E-state index in [1.54, 1.807) is 6.07 Å². The summed E-state index contributed by atoms with van der Waals surface area (Å²) in [6, 6.07) is 3.07. The summed E-state index contributed by atoms with van der Waals surface area (Å²) >= 11 is 0. The van der Waals surface area contributed by atoms with Gasteiger partial charge < -0.3 is 0 Å². The molecule has 5 heteroatoms. The van der Waals surface area contributed by atoms with Crippen molar-refractivity contribution in [3.63, 3.8) is 0 Å². The normalized spacial score (nSPS) is 13.1. The van der Waals surface area contributed by atoms with Crippen molar-refractivity contribution in [2.75, 3.05) is 0 Å². The summed E-state index contributed by atoms with van der Waals surface area (Å²) in [6.45, 7) is 0. The van der Waals surface area contributed by atoms with Crippen molar-refractivity contribution in [1.82, 2.24) is 0 Å². The van der Waals surface area contributed by atoms with Crippen LogP contribution in [0.3, 0.4) is 0 Å². The molecule has 0 N–H and O–H groups in total. The van der Waals surface area contributed by atoms with E-state index in [2.05, 4.69) is 0 Å². The zero-order valence-electron chi connectivity index (χ0n) is 6.23. The third-order valence-electron chi connectivity index (χ3n) is 1.41. The van der Waals surface area contributed by atoms with Crippen molar-refractivity contribution in [2.45, 2.75) is 25.4 Å². The highest BCUT2D eigenvalue weighted by molar-refractivity contribution is 4.83. The first kappa shape index (κ1) is 10.8. The molecular weight excluding hydrogens is 169 g/mol. The minimum absolute atomic E-state index is 0.161. The van der Waals surface area contributed by atoms with Crippen LogP contribution in [-0.4, -0.2) is 6.18 Å². The summed E-state index contributed by atoms with van der Waals surface area (Å²) in [7, 11) is 0. The topological polar surface area (TPSA) is 47.6 Å². The van der Waals surface area contributed by atoms with Gasteiger partial charge in [-0.25, -0.2) is 0 Å². The number of nitrogens with zero attached hydrogens (tertiary/aromatic N) is 2. The van der Waals surface area contributed by atoms with Gasteiger partial charge in [0.15, 0.2) is 0 Å². The Balaban J connectivity index is 4.08. The Kier molecular flexibility index (Phi) is 4.14. The average Bonchev–Trinajstić information content (AvgIpc) is 1.95. The first-order valence-corrected chi connectivity index (χ1v) is 3.33. The second-order valence-electron chi connectivity index (χ2n) is 2.30. The average molecular weight is 176 g/mol. The molecule has 0 aromatic carbocycles.